The van der Waals surface area contributed by atoms with E-state index in [1.807, 2.05) is 0 Å². The first-order chi connectivity index (χ1) is 6.12. The molecule has 14 heavy (non-hydrogen) atoms. The third-order valence-electron chi connectivity index (χ3n) is 1.84. The first kappa shape index (κ1) is 17.9. The van der Waals surface area contributed by atoms with E-state index in [4.69, 9.17) is 0 Å². The first-order valence-corrected chi connectivity index (χ1v) is 6.23. The van der Waals surface area contributed by atoms with Gasteiger partial charge in [0.1, 0.15) is 0 Å². The fourth-order valence-electron chi connectivity index (χ4n) is 1.09. The van der Waals surface area contributed by atoms with E-state index < -0.39 is 10.1 Å². The second-order valence-corrected chi connectivity index (χ2v) is 4.74. The Kier molecular flexibility index (Phi) is 14.0. The van der Waals surface area contributed by atoms with Crippen LogP contribution in [0.4, 0.5) is 4.53 Å². The van der Waals surface area contributed by atoms with Gasteiger partial charge in [0.2, 0.25) is 0 Å². The molecule has 81 valence electrons. The Morgan fingerprint density at radius 1 is 1.07 bits per heavy atom. The molecule has 0 spiro atoms. The van der Waals surface area contributed by atoms with Gasteiger partial charge in [-0.05, 0) is 10.9 Å². The van der Waals surface area contributed by atoms with Crippen LogP contribution in [0.5, 0.6) is 0 Å². The van der Waals surface area contributed by atoms with Crippen LogP contribution in [-0.4, -0.2) is 65.6 Å². The third kappa shape index (κ3) is 11.6. The van der Waals surface area contributed by atoms with Gasteiger partial charge in [0, 0.05) is 51.4 Å². The van der Waals surface area contributed by atoms with Gasteiger partial charge >= 0.3 is 0 Å². The maximum Gasteiger partial charge on any atom is 0.297 e. The summed E-state index contributed by atoms with van der Waals surface area (Å²) >= 11 is 0. The number of rotatable bonds is 8. The van der Waals surface area contributed by atoms with Gasteiger partial charge in [-0.2, -0.15) is 8.42 Å². The molecule has 0 atom stereocenters. The van der Waals surface area contributed by atoms with E-state index in [2.05, 4.69) is 11.3 Å². The number of hydrogen-bond donors (Lipinski definition) is 0. The molecular weight excluding hydrogens is 234 g/mol. The average molecular weight is 251 g/mol. The molecule has 1 radical (unpaired) electrons. The summed E-state index contributed by atoms with van der Waals surface area (Å²) in [6.45, 7) is 2.11. The van der Waals surface area contributed by atoms with Crippen molar-refractivity contribution in [3.63, 3.8) is 0 Å². The van der Waals surface area contributed by atoms with Gasteiger partial charge in [0.05, 0.1) is 5.75 Å². The summed E-state index contributed by atoms with van der Waals surface area (Å²) in [6, 6.07) is 0. The van der Waals surface area contributed by atoms with Crippen molar-refractivity contribution in [2.24, 2.45) is 0 Å². The van der Waals surface area contributed by atoms with E-state index in [0.29, 0.717) is 6.42 Å². The molecule has 0 aromatic rings. The molecule has 0 N–H and O–H groups in total. The Balaban J connectivity index is 0. The van der Waals surface area contributed by atoms with E-state index in [-0.39, 0.29) is 57.1 Å². The van der Waals surface area contributed by atoms with E-state index in [1.165, 1.54) is 6.42 Å². The third-order valence-corrected chi connectivity index (χ3v) is 2.82. The molecular formula is C8H17FKO3S. The molecule has 0 unspecified atom stereocenters. The zero-order valence-corrected chi connectivity index (χ0v) is 12.9. The Morgan fingerprint density at radius 3 is 2.07 bits per heavy atom. The van der Waals surface area contributed by atoms with Crippen molar-refractivity contribution >= 4 is 61.5 Å². The van der Waals surface area contributed by atoms with Crippen molar-refractivity contribution in [2.75, 3.05) is 5.75 Å². The molecule has 0 amide bonds. The average Bonchev–Trinajstić information content (AvgIpc) is 2.11. The van der Waals surface area contributed by atoms with E-state index in [1.54, 1.807) is 0 Å². The quantitative estimate of drug-likeness (QED) is 0.490. The van der Waals surface area contributed by atoms with Crippen molar-refractivity contribution in [3.8, 4) is 0 Å². The van der Waals surface area contributed by atoms with Crippen molar-refractivity contribution < 1.29 is 17.3 Å². The minimum Gasteiger partial charge on any atom is -0.197 e. The maximum absolute atomic E-state index is 11.3. The predicted molar refractivity (Wildman–Crippen MR) is 55.1 cm³/mol. The van der Waals surface area contributed by atoms with Gasteiger partial charge in [-0.25, -0.2) is 0 Å². The number of hydrogen-bond acceptors (Lipinski definition) is 3. The van der Waals surface area contributed by atoms with Crippen LogP contribution in [-0.2, 0) is 14.5 Å². The molecule has 3 nitrogen and oxygen atoms in total. The molecule has 6 heteroatoms. The van der Waals surface area contributed by atoms with Crippen molar-refractivity contribution in [3.05, 3.63) is 0 Å². The maximum atomic E-state index is 11.3. The van der Waals surface area contributed by atoms with Crippen LogP contribution in [0, 0.1) is 0 Å². The first-order valence-electron chi connectivity index (χ1n) is 4.65. The molecule has 0 aliphatic carbocycles. The van der Waals surface area contributed by atoms with Crippen LogP contribution in [0.15, 0.2) is 0 Å². The van der Waals surface area contributed by atoms with Crippen LogP contribution >= 0.6 is 0 Å². The molecule has 0 fully saturated rings. The summed E-state index contributed by atoms with van der Waals surface area (Å²) in [6.07, 6.45) is 5.76. The number of unbranched alkanes of at least 4 members (excludes halogenated alkanes) is 5. The van der Waals surface area contributed by atoms with Crippen LogP contribution in [0.3, 0.4) is 0 Å². The summed E-state index contributed by atoms with van der Waals surface area (Å²) < 4.78 is 35.1. The zero-order valence-electron chi connectivity index (χ0n) is 8.96. The summed E-state index contributed by atoms with van der Waals surface area (Å²) in [5.74, 6) is -0.213. The van der Waals surface area contributed by atoms with Crippen molar-refractivity contribution in [1.29, 1.82) is 0 Å². The van der Waals surface area contributed by atoms with Gasteiger partial charge in [0.15, 0.2) is 0 Å². The van der Waals surface area contributed by atoms with Crippen LogP contribution in [0.25, 0.3) is 0 Å². The summed E-state index contributed by atoms with van der Waals surface area (Å²) in [7, 11) is -3.88. The van der Waals surface area contributed by atoms with E-state index in [0.717, 1.165) is 25.7 Å². The zero-order chi connectivity index (χ0) is 10.2. The summed E-state index contributed by atoms with van der Waals surface area (Å²) in [4.78, 5) is 0. The molecule has 0 aliphatic heterocycles. The molecule has 0 rings (SSSR count). The molecule has 0 saturated carbocycles. The molecule has 0 aliphatic rings. The minimum atomic E-state index is -3.88. The second kappa shape index (κ2) is 11.0. The van der Waals surface area contributed by atoms with Gasteiger partial charge in [-0.15, -0.1) is 0 Å². The Hall–Kier alpha value is 1.48. The normalized spacial score (nSPS) is 11.0. The van der Waals surface area contributed by atoms with Crippen LogP contribution in [0.1, 0.15) is 45.4 Å². The fourth-order valence-corrected chi connectivity index (χ4v) is 1.71. The number of halogens is 1. The SMILES string of the molecule is CCCCCCCCS(=O)(=O)OF.[K]. The molecule has 0 heterocycles. The molecule has 0 bridgehead atoms. The van der Waals surface area contributed by atoms with Crippen LogP contribution in [0.2, 0.25) is 0 Å². The van der Waals surface area contributed by atoms with E-state index in [9.17, 15) is 12.9 Å². The smallest absolute Gasteiger partial charge is 0.197 e. The Morgan fingerprint density at radius 2 is 1.57 bits per heavy atom. The van der Waals surface area contributed by atoms with Crippen molar-refractivity contribution in [1.82, 2.24) is 0 Å². The largest absolute Gasteiger partial charge is 0.297 e. The monoisotopic (exact) mass is 251 g/mol. The predicted octanol–water partition coefficient (Wildman–Crippen LogP) is 2.20. The molecule has 0 aromatic carbocycles. The van der Waals surface area contributed by atoms with Crippen LogP contribution < -0.4 is 0 Å². The summed E-state index contributed by atoms with van der Waals surface area (Å²) in [5, 5.41) is 0. The van der Waals surface area contributed by atoms with Gasteiger partial charge < -0.3 is 0 Å². The minimum absolute atomic E-state index is 0. The second-order valence-electron chi connectivity index (χ2n) is 3.09. The molecule has 0 saturated heterocycles. The van der Waals surface area contributed by atoms with Gasteiger partial charge in [-0.3, -0.25) is 0 Å². The Labute approximate surface area is 128 Å². The van der Waals surface area contributed by atoms with E-state index >= 15 is 0 Å². The van der Waals surface area contributed by atoms with Gasteiger partial charge in [0.25, 0.3) is 10.1 Å². The fraction of sp³-hybridized carbons (Fsp3) is 1.00. The van der Waals surface area contributed by atoms with Crippen molar-refractivity contribution in [2.45, 2.75) is 45.4 Å². The topological polar surface area (TPSA) is 43.4 Å². The standard InChI is InChI=1S/C8H17FO3S.K/c1-2-3-4-5-6-7-8-13(10,11)12-9;/h2-8H2,1H3;. The Bertz CT molecular complexity index is 207. The molecule has 0 aromatic heterocycles. The summed E-state index contributed by atoms with van der Waals surface area (Å²) in [5.41, 5.74) is 0. The van der Waals surface area contributed by atoms with Gasteiger partial charge in [-0.1, -0.05) is 43.4 Å².